The van der Waals surface area contributed by atoms with Crippen molar-refractivity contribution in [3.05, 3.63) is 94.5 Å². The molecule has 0 saturated carbocycles. The Morgan fingerprint density at radius 1 is 1.03 bits per heavy atom. The molecule has 1 aliphatic rings. The summed E-state index contributed by atoms with van der Waals surface area (Å²) in [5.74, 6) is -2.86. The van der Waals surface area contributed by atoms with Gasteiger partial charge in [0.25, 0.3) is 5.91 Å². The molecule has 1 aliphatic heterocycles. The van der Waals surface area contributed by atoms with Crippen LogP contribution in [-0.2, 0) is 17.4 Å². The zero-order valence-corrected chi connectivity index (χ0v) is 21.6. The second-order valence-corrected chi connectivity index (χ2v) is 9.18. The van der Waals surface area contributed by atoms with Gasteiger partial charge in [-0.2, -0.15) is 13.2 Å². The zero-order chi connectivity index (χ0) is 27.4. The van der Waals surface area contributed by atoms with Crippen LogP contribution in [0, 0.1) is 5.41 Å². The monoisotopic (exact) mass is 560 g/mol. The summed E-state index contributed by atoms with van der Waals surface area (Å²) in [5.41, 5.74) is 5.07. The van der Waals surface area contributed by atoms with Gasteiger partial charge in [-0.3, -0.25) is 15.0 Å². The zero-order valence-electron chi connectivity index (χ0n) is 20.8. The van der Waals surface area contributed by atoms with Crippen molar-refractivity contribution < 1.29 is 27.9 Å². The number of phenols is 1. The second kappa shape index (κ2) is 12.2. The molecule has 3 aromatic rings. The number of nitrogen functional groups attached to an aromatic ring is 1. The number of rotatable bonds is 7. The van der Waals surface area contributed by atoms with E-state index in [1.165, 1.54) is 29.2 Å². The lowest BCUT2D eigenvalue weighted by Gasteiger charge is -2.21. The predicted molar refractivity (Wildman–Crippen MR) is 144 cm³/mol. The first-order valence-corrected chi connectivity index (χ1v) is 12.1. The molecule has 0 aliphatic carbocycles. The number of alkyl halides is 3. The molecule has 1 fully saturated rings. The molecule has 5 N–H and O–H groups in total. The summed E-state index contributed by atoms with van der Waals surface area (Å²) in [6.45, 7) is 0.803. The number of amidine groups is 1. The van der Waals surface area contributed by atoms with Gasteiger partial charge in [-0.05, 0) is 61.2 Å². The Morgan fingerprint density at radius 2 is 1.69 bits per heavy atom. The van der Waals surface area contributed by atoms with Gasteiger partial charge in [0.1, 0.15) is 11.6 Å². The van der Waals surface area contributed by atoms with E-state index >= 15 is 0 Å². The molecule has 1 saturated heterocycles. The number of nitrogens with two attached hydrogens (primary N) is 1. The molecule has 1 atom stereocenters. The molecule has 0 radical (unpaired) electrons. The Bertz CT molecular complexity index is 1360. The fourth-order valence-corrected chi connectivity index (χ4v) is 4.56. The molecule has 0 spiro atoms. The van der Waals surface area contributed by atoms with Gasteiger partial charge in [0.2, 0.25) is 5.91 Å². The third kappa shape index (κ3) is 6.88. The van der Waals surface area contributed by atoms with E-state index in [-0.39, 0.29) is 47.2 Å². The minimum absolute atomic E-state index is 0. The van der Waals surface area contributed by atoms with Crippen LogP contribution in [0.3, 0.4) is 0 Å². The smallest absolute Gasteiger partial charge is 0.417 e. The topological polar surface area (TPSA) is 120 Å². The molecule has 206 valence electrons. The number of anilines is 1. The third-order valence-corrected chi connectivity index (χ3v) is 6.53. The number of amides is 2. The number of halogens is 4. The first-order chi connectivity index (χ1) is 18.0. The number of likely N-dealkylation sites (tertiary alicyclic amines) is 1. The number of benzene rings is 3. The summed E-state index contributed by atoms with van der Waals surface area (Å²) in [6, 6.07) is 16.2. The van der Waals surface area contributed by atoms with Crippen molar-refractivity contribution >= 4 is 35.7 Å². The van der Waals surface area contributed by atoms with Gasteiger partial charge in [-0.25, -0.2) is 0 Å². The summed E-state index contributed by atoms with van der Waals surface area (Å²) in [5, 5.41) is 20.8. The molecular weight excluding hydrogens is 533 g/mol. The summed E-state index contributed by atoms with van der Waals surface area (Å²) >= 11 is 0. The molecule has 3 aromatic carbocycles. The Hall–Kier alpha value is -4.05. The Morgan fingerprint density at radius 3 is 2.31 bits per heavy atom. The summed E-state index contributed by atoms with van der Waals surface area (Å²) in [7, 11) is 0. The molecule has 0 bridgehead atoms. The minimum Gasteiger partial charge on any atom is -0.508 e. The fourth-order valence-electron chi connectivity index (χ4n) is 4.56. The first-order valence-electron chi connectivity index (χ1n) is 12.1. The first kappa shape index (κ1) is 29.5. The largest absolute Gasteiger partial charge is 0.508 e. The highest BCUT2D eigenvalue weighted by Gasteiger charge is 2.37. The van der Waals surface area contributed by atoms with Crippen molar-refractivity contribution in [2.75, 3.05) is 18.4 Å². The van der Waals surface area contributed by atoms with E-state index in [2.05, 4.69) is 5.32 Å². The lowest BCUT2D eigenvalue weighted by Crippen LogP contribution is -2.30. The molecule has 7 nitrogen and oxygen atoms in total. The highest BCUT2D eigenvalue weighted by molar-refractivity contribution is 6.00. The highest BCUT2D eigenvalue weighted by atomic mass is 35.5. The number of nitrogens with one attached hydrogen (secondary N) is 2. The van der Waals surface area contributed by atoms with Gasteiger partial charge in [-0.15, -0.1) is 12.4 Å². The van der Waals surface area contributed by atoms with Crippen LogP contribution in [0.1, 0.15) is 51.4 Å². The number of phenolic OH excluding ortho intramolecular Hbond substituents is 1. The van der Waals surface area contributed by atoms with E-state index in [1.807, 2.05) is 0 Å². The maximum Gasteiger partial charge on any atom is 0.417 e. The lowest BCUT2D eigenvalue weighted by atomic mass is 9.89. The van der Waals surface area contributed by atoms with E-state index in [1.54, 1.807) is 30.3 Å². The molecule has 0 aromatic heterocycles. The van der Waals surface area contributed by atoms with Gasteiger partial charge in [-0.1, -0.05) is 30.3 Å². The number of hydrogen-bond donors (Lipinski definition) is 4. The van der Waals surface area contributed by atoms with Crippen molar-refractivity contribution in [3.63, 3.8) is 0 Å². The predicted octanol–water partition coefficient (Wildman–Crippen LogP) is 5.32. The molecule has 11 heteroatoms. The molecular formula is C28H28ClF3N4O3. The second-order valence-electron chi connectivity index (χ2n) is 9.18. The Labute approximate surface area is 229 Å². The highest BCUT2D eigenvalue weighted by Crippen LogP contribution is 2.36. The molecule has 1 unspecified atom stereocenters. The van der Waals surface area contributed by atoms with Crippen LogP contribution in [0.15, 0.2) is 66.7 Å². The van der Waals surface area contributed by atoms with E-state index in [9.17, 15) is 27.9 Å². The van der Waals surface area contributed by atoms with Gasteiger partial charge in [0, 0.05) is 29.9 Å². The van der Waals surface area contributed by atoms with Crippen LogP contribution < -0.4 is 11.1 Å². The summed E-state index contributed by atoms with van der Waals surface area (Å²) in [4.78, 5) is 27.6. The molecule has 39 heavy (non-hydrogen) atoms. The maximum atomic E-state index is 13.9. The van der Waals surface area contributed by atoms with Crippen LogP contribution in [0.25, 0.3) is 0 Å². The maximum absolute atomic E-state index is 13.9. The number of aromatic hydroxyl groups is 1. The average Bonchev–Trinajstić information content (AvgIpc) is 3.42. The standard InChI is InChI=1S/C28H27F3N4O3.ClH/c29-28(30,31)23-16-19(9-10-20(23)27(38)35-12-4-5-13-35)34-26(37)22(14-17-6-2-1-3-7-17)21-15-18(25(32)33)8-11-24(21)36;/h1-3,6-11,15-16,22,36H,4-5,12-14H2,(H3,32,33)(H,34,37);1H. The van der Waals surface area contributed by atoms with E-state index in [0.717, 1.165) is 30.5 Å². The van der Waals surface area contributed by atoms with E-state index in [4.69, 9.17) is 11.1 Å². The molecule has 1 heterocycles. The van der Waals surface area contributed by atoms with Gasteiger partial charge >= 0.3 is 6.18 Å². The Balaban J connectivity index is 0.00000420. The van der Waals surface area contributed by atoms with Gasteiger partial charge < -0.3 is 21.1 Å². The number of carbonyl (C=O) groups excluding carboxylic acids is 2. The summed E-state index contributed by atoms with van der Waals surface area (Å²) in [6.07, 6.45) is -3.22. The molecule has 4 rings (SSSR count). The van der Waals surface area contributed by atoms with Crippen LogP contribution in [-0.4, -0.2) is 40.7 Å². The van der Waals surface area contributed by atoms with Gasteiger partial charge in [0.05, 0.1) is 17.0 Å². The average molecular weight is 561 g/mol. The normalized spacial score (nSPS) is 13.9. The van der Waals surface area contributed by atoms with Crippen LogP contribution in [0.5, 0.6) is 5.75 Å². The lowest BCUT2D eigenvalue weighted by molar-refractivity contribution is -0.138. The minimum atomic E-state index is -4.82. The molecule has 2 amide bonds. The van der Waals surface area contributed by atoms with Gasteiger partial charge in [0.15, 0.2) is 0 Å². The third-order valence-electron chi connectivity index (χ3n) is 6.53. The van der Waals surface area contributed by atoms with Crippen molar-refractivity contribution in [2.24, 2.45) is 5.73 Å². The fraction of sp³-hybridized carbons (Fsp3) is 0.250. The quantitative estimate of drug-likeness (QED) is 0.231. The van der Waals surface area contributed by atoms with E-state index in [0.29, 0.717) is 13.1 Å². The van der Waals surface area contributed by atoms with Crippen LogP contribution >= 0.6 is 12.4 Å². The van der Waals surface area contributed by atoms with Crippen LogP contribution in [0.4, 0.5) is 18.9 Å². The summed E-state index contributed by atoms with van der Waals surface area (Å²) < 4.78 is 41.8. The van der Waals surface area contributed by atoms with Crippen molar-refractivity contribution in [2.45, 2.75) is 31.4 Å². The van der Waals surface area contributed by atoms with Crippen molar-refractivity contribution in [1.29, 1.82) is 5.41 Å². The Kier molecular flexibility index (Phi) is 9.24. The van der Waals surface area contributed by atoms with Crippen LogP contribution in [0.2, 0.25) is 0 Å². The SMILES string of the molecule is Cl.N=C(N)c1ccc(O)c(C(Cc2ccccc2)C(=O)Nc2ccc(C(=O)N3CCCC3)c(C(F)(F)F)c2)c1. The van der Waals surface area contributed by atoms with E-state index < -0.39 is 35.0 Å². The van der Waals surface area contributed by atoms with Crippen molar-refractivity contribution in [3.8, 4) is 5.75 Å². The number of nitrogens with zero attached hydrogens (tertiary/aromatic N) is 1. The number of hydrogen-bond acceptors (Lipinski definition) is 4. The van der Waals surface area contributed by atoms with Crippen molar-refractivity contribution in [1.82, 2.24) is 4.90 Å². The number of carbonyl (C=O) groups is 2.